The molecule has 9 heteroatoms. The van der Waals surface area contributed by atoms with Crippen LogP contribution in [0, 0.1) is 0 Å². The molecule has 3 rings (SSSR count). The number of anilines is 1. The van der Waals surface area contributed by atoms with E-state index in [1.807, 2.05) is 0 Å². The number of aromatic nitrogens is 2. The van der Waals surface area contributed by atoms with Crippen LogP contribution in [0.25, 0.3) is 0 Å². The van der Waals surface area contributed by atoms with Gasteiger partial charge in [0.25, 0.3) is 5.88 Å². The third-order valence-electron chi connectivity index (χ3n) is 4.11. The zero-order chi connectivity index (χ0) is 17.9. The van der Waals surface area contributed by atoms with E-state index < -0.39 is 10.0 Å². The van der Waals surface area contributed by atoms with E-state index in [9.17, 15) is 8.42 Å². The highest BCUT2D eigenvalue weighted by Crippen LogP contribution is 2.28. The van der Waals surface area contributed by atoms with E-state index in [-0.39, 0.29) is 16.0 Å². The van der Waals surface area contributed by atoms with Gasteiger partial charge in [-0.05, 0) is 25.0 Å². The van der Waals surface area contributed by atoms with Gasteiger partial charge in [-0.2, -0.15) is 4.31 Å². The monoisotopic (exact) mass is 382 g/mol. The van der Waals surface area contributed by atoms with Gasteiger partial charge in [-0.3, -0.25) is 0 Å². The zero-order valence-electron chi connectivity index (χ0n) is 13.7. The molecule has 7 nitrogen and oxygen atoms in total. The molecule has 1 aromatic carbocycles. The lowest BCUT2D eigenvalue weighted by Gasteiger charge is -2.32. The molecule has 1 aliphatic heterocycles. The molecule has 0 aliphatic carbocycles. The standard InChI is InChI=1S/C16H19ClN4O3S/c1-24-16-15(18-8-9-19-16)20-12-6-10-21(11-7-12)25(22,23)14-5-3-2-4-13(14)17/h2-5,8-9,12H,6-7,10-11H2,1H3,(H,18,20). The topological polar surface area (TPSA) is 84.4 Å². The maximum atomic E-state index is 12.8. The molecule has 25 heavy (non-hydrogen) atoms. The second-order valence-corrected chi connectivity index (χ2v) is 7.98. The number of hydrogen-bond donors (Lipinski definition) is 1. The Labute approximate surface area is 152 Å². The summed E-state index contributed by atoms with van der Waals surface area (Å²) in [5.74, 6) is 0.992. The first-order chi connectivity index (χ1) is 12.0. The van der Waals surface area contributed by atoms with E-state index in [1.54, 1.807) is 30.6 Å². The summed E-state index contributed by atoms with van der Waals surface area (Å²) in [6.45, 7) is 0.821. The van der Waals surface area contributed by atoms with Crippen LogP contribution in [0.2, 0.25) is 5.02 Å². The summed E-state index contributed by atoms with van der Waals surface area (Å²) >= 11 is 6.05. The summed E-state index contributed by atoms with van der Waals surface area (Å²) in [6, 6.07) is 6.61. The number of benzene rings is 1. The highest BCUT2D eigenvalue weighted by Gasteiger charge is 2.31. The van der Waals surface area contributed by atoms with Crippen molar-refractivity contribution in [3.63, 3.8) is 0 Å². The van der Waals surface area contributed by atoms with E-state index in [4.69, 9.17) is 16.3 Å². The highest BCUT2D eigenvalue weighted by molar-refractivity contribution is 7.89. The van der Waals surface area contributed by atoms with Gasteiger partial charge in [0.2, 0.25) is 10.0 Å². The molecular weight excluding hydrogens is 364 g/mol. The first-order valence-corrected chi connectivity index (χ1v) is 9.70. The molecule has 134 valence electrons. The van der Waals surface area contributed by atoms with Crippen molar-refractivity contribution in [1.29, 1.82) is 0 Å². The van der Waals surface area contributed by atoms with E-state index in [2.05, 4.69) is 15.3 Å². The summed E-state index contributed by atoms with van der Waals surface area (Å²) in [6.07, 6.45) is 4.46. The number of sulfonamides is 1. The van der Waals surface area contributed by atoms with Crippen molar-refractivity contribution in [2.75, 3.05) is 25.5 Å². The zero-order valence-corrected chi connectivity index (χ0v) is 15.3. The van der Waals surface area contributed by atoms with Crippen LogP contribution in [0.15, 0.2) is 41.6 Å². The van der Waals surface area contributed by atoms with Crippen LogP contribution in [-0.2, 0) is 10.0 Å². The molecule has 1 saturated heterocycles. The van der Waals surface area contributed by atoms with Crippen molar-refractivity contribution in [3.05, 3.63) is 41.7 Å². The number of hydrogen-bond acceptors (Lipinski definition) is 6. The Kier molecular flexibility index (Phi) is 5.41. The summed E-state index contributed by atoms with van der Waals surface area (Å²) in [7, 11) is -2.05. The van der Waals surface area contributed by atoms with Crippen LogP contribution in [-0.4, -0.2) is 48.9 Å². The van der Waals surface area contributed by atoms with Gasteiger partial charge in [0, 0.05) is 31.5 Å². The Morgan fingerprint density at radius 2 is 1.88 bits per heavy atom. The number of nitrogens with one attached hydrogen (secondary N) is 1. The molecule has 1 N–H and O–H groups in total. The molecule has 0 bridgehead atoms. The van der Waals surface area contributed by atoms with Crippen molar-refractivity contribution in [3.8, 4) is 5.88 Å². The Balaban J connectivity index is 1.67. The maximum Gasteiger partial charge on any atom is 0.257 e. The fourth-order valence-corrected chi connectivity index (χ4v) is 4.76. The SMILES string of the molecule is COc1nccnc1NC1CCN(S(=O)(=O)c2ccccc2Cl)CC1. The average Bonchev–Trinajstić information content (AvgIpc) is 2.63. The largest absolute Gasteiger partial charge is 0.478 e. The Bertz CT molecular complexity index is 839. The van der Waals surface area contributed by atoms with Gasteiger partial charge >= 0.3 is 0 Å². The van der Waals surface area contributed by atoms with Gasteiger partial charge in [-0.25, -0.2) is 18.4 Å². The lowest BCUT2D eigenvalue weighted by Crippen LogP contribution is -2.42. The molecule has 1 aliphatic rings. The molecule has 0 amide bonds. The van der Waals surface area contributed by atoms with E-state index in [1.165, 1.54) is 17.5 Å². The van der Waals surface area contributed by atoms with Crippen molar-refractivity contribution >= 4 is 27.4 Å². The van der Waals surface area contributed by atoms with Gasteiger partial charge in [-0.15, -0.1) is 0 Å². The predicted octanol–water partition coefficient (Wildman–Crippen LogP) is 2.40. The van der Waals surface area contributed by atoms with Crippen molar-refractivity contribution in [2.24, 2.45) is 0 Å². The Morgan fingerprint density at radius 1 is 1.20 bits per heavy atom. The minimum atomic E-state index is -3.58. The van der Waals surface area contributed by atoms with Gasteiger partial charge in [-0.1, -0.05) is 23.7 Å². The summed E-state index contributed by atoms with van der Waals surface area (Å²) < 4.78 is 32.2. The molecular formula is C16H19ClN4O3S. The maximum absolute atomic E-state index is 12.8. The highest BCUT2D eigenvalue weighted by atomic mass is 35.5. The molecule has 1 fully saturated rings. The number of piperidine rings is 1. The van der Waals surface area contributed by atoms with E-state index >= 15 is 0 Å². The van der Waals surface area contributed by atoms with Gasteiger partial charge in [0.1, 0.15) is 4.90 Å². The number of rotatable bonds is 5. The van der Waals surface area contributed by atoms with Gasteiger partial charge in [0.15, 0.2) is 5.82 Å². The van der Waals surface area contributed by atoms with Crippen LogP contribution in [0.3, 0.4) is 0 Å². The molecule has 2 aromatic rings. The van der Waals surface area contributed by atoms with Crippen molar-refractivity contribution in [2.45, 2.75) is 23.8 Å². The van der Waals surface area contributed by atoms with Crippen molar-refractivity contribution in [1.82, 2.24) is 14.3 Å². The Morgan fingerprint density at radius 3 is 2.56 bits per heavy atom. The molecule has 0 spiro atoms. The number of halogens is 1. The Hall–Kier alpha value is -1.90. The minimum absolute atomic E-state index is 0.100. The van der Waals surface area contributed by atoms with Crippen LogP contribution in [0.4, 0.5) is 5.82 Å². The minimum Gasteiger partial charge on any atom is -0.478 e. The van der Waals surface area contributed by atoms with E-state index in [0.717, 1.165) is 0 Å². The number of nitrogens with zero attached hydrogens (tertiary/aromatic N) is 3. The molecule has 0 saturated carbocycles. The molecule has 2 heterocycles. The molecule has 0 radical (unpaired) electrons. The lowest BCUT2D eigenvalue weighted by atomic mass is 10.1. The fourth-order valence-electron chi connectivity index (χ4n) is 2.80. The number of ether oxygens (including phenoxy) is 1. The third-order valence-corrected chi connectivity index (χ3v) is 6.51. The second-order valence-electron chi connectivity index (χ2n) is 5.67. The van der Waals surface area contributed by atoms with Crippen molar-refractivity contribution < 1.29 is 13.2 Å². The third kappa shape index (κ3) is 3.86. The van der Waals surface area contributed by atoms with Gasteiger partial charge in [0.05, 0.1) is 12.1 Å². The van der Waals surface area contributed by atoms with Gasteiger partial charge < -0.3 is 10.1 Å². The van der Waals surface area contributed by atoms with E-state index in [0.29, 0.717) is 37.6 Å². The summed E-state index contributed by atoms with van der Waals surface area (Å²) in [5.41, 5.74) is 0. The molecule has 0 unspecified atom stereocenters. The predicted molar refractivity (Wildman–Crippen MR) is 95.4 cm³/mol. The van der Waals surface area contributed by atoms with Crippen LogP contribution in [0.5, 0.6) is 5.88 Å². The number of methoxy groups -OCH3 is 1. The first-order valence-electron chi connectivity index (χ1n) is 7.88. The smallest absolute Gasteiger partial charge is 0.257 e. The molecule has 1 aromatic heterocycles. The lowest BCUT2D eigenvalue weighted by molar-refractivity contribution is 0.328. The van der Waals surface area contributed by atoms with Crippen LogP contribution < -0.4 is 10.1 Å². The normalized spacial score (nSPS) is 16.6. The first kappa shape index (κ1) is 17.9. The van der Waals surface area contributed by atoms with Crippen LogP contribution >= 0.6 is 11.6 Å². The second kappa shape index (κ2) is 7.55. The summed E-state index contributed by atoms with van der Waals surface area (Å²) in [5, 5.41) is 3.52. The summed E-state index contributed by atoms with van der Waals surface area (Å²) in [4.78, 5) is 8.47. The quantitative estimate of drug-likeness (QED) is 0.854. The average molecular weight is 383 g/mol. The van der Waals surface area contributed by atoms with Crippen LogP contribution in [0.1, 0.15) is 12.8 Å². The molecule has 0 atom stereocenters. The fraction of sp³-hybridized carbons (Fsp3) is 0.375.